The van der Waals surface area contributed by atoms with Crippen LogP contribution in [-0.2, 0) is 6.54 Å². The molecule has 0 fully saturated rings. The van der Waals surface area contributed by atoms with Crippen molar-refractivity contribution >= 4 is 27.3 Å². The highest BCUT2D eigenvalue weighted by atomic mass is 79.9. The second-order valence-electron chi connectivity index (χ2n) is 3.93. The van der Waals surface area contributed by atoms with Crippen LogP contribution in [0.15, 0.2) is 38.0 Å². The van der Waals surface area contributed by atoms with Gasteiger partial charge in [0.05, 0.1) is 16.8 Å². The molecule has 2 N–H and O–H groups in total. The minimum atomic E-state index is 0.0966. The van der Waals surface area contributed by atoms with Crippen molar-refractivity contribution in [3.8, 4) is 0 Å². The highest BCUT2D eigenvalue weighted by Crippen LogP contribution is 2.28. The molecule has 0 aromatic carbocycles. The lowest BCUT2D eigenvalue weighted by Gasteiger charge is -2.25. The second-order valence-corrected chi connectivity index (χ2v) is 5.57. The topological polar surface area (TPSA) is 42.4 Å². The molecule has 2 rings (SSSR count). The lowest BCUT2D eigenvalue weighted by Crippen LogP contribution is -2.30. The van der Waals surface area contributed by atoms with Crippen molar-refractivity contribution < 1.29 is 4.42 Å². The molecule has 0 radical (unpaired) electrons. The van der Waals surface area contributed by atoms with E-state index in [0.717, 1.165) is 16.8 Å². The van der Waals surface area contributed by atoms with E-state index in [1.54, 1.807) is 17.6 Å². The first-order valence-corrected chi connectivity index (χ1v) is 7.10. The molecule has 17 heavy (non-hydrogen) atoms. The van der Waals surface area contributed by atoms with Gasteiger partial charge in [-0.2, -0.15) is 11.3 Å². The zero-order valence-corrected chi connectivity index (χ0v) is 12.0. The van der Waals surface area contributed by atoms with Crippen molar-refractivity contribution in [3.05, 3.63) is 45.0 Å². The number of thiophene rings is 1. The van der Waals surface area contributed by atoms with Gasteiger partial charge in [-0.05, 0) is 51.4 Å². The van der Waals surface area contributed by atoms with Crippen LogP contribution in [0, 0.1) is 0 Å². The Morgan fingerprint density at radius 3 is 2.88 bits per heavy atom. The molecule has 2 aromatic heterocycles. The van der Waals surface area contributed by atoms with E-state index < -0.39 is 0 Å². The van der Waals surface area contributed by atoms with Crippen molar-refractivity contribution in [2.45, 2.75) is 12.6 Å². The van der Waals surface area contributed by atoms with Crippen molar-refractivity contribution in [2.24, 2.45) is 5.73 Å². The first-order chi connectivity index (χ1) is 8.22. The average Bonchev–Trinajstić information content (AvgIpc) is 2.92. The Labute approximate surface area is 113 Å². The van der Waals surface area contributed by atoms with Gasteiger partial charge in [-0.15, -0.1) is 0 Å². The molecule has 0 saturated heterocycles. The van der Waals surface area contributed by atoms with Gasteiger partial charge in [0, 0.05) is 13.1 Å². The van der Waals surface area contributed by atoms with Crippen LogP contribution in [0.1, 0.15) is 17.4 Å². The van der Waals surface area contributed by atoms with E-state index >= 15 is 0 Å². The highest BCUT2D eigenvalue weighted by Gasteiger charge is 2.21. The maximum atomic E-state index is 5.84. The molecule has 0 amide bonds. The summed E-state index contributed by atoms with van der Waals surface area (Å²) in [6, 6.07) is 4.13. The number of hydrogen-bond acceptors (Lipinski definition) is 4. The Kier molecular flexibility index (Phi) is 4.39. The number of rotatable bonds is 5. The molecule has 1 atom stereocenters. The summed E-state index contributed by atoms with van der Waals surface area (Å²) in [5, 5.41) is 4.24. The zero-order valence-electron chi connectivity index (χ0n) is 9.60. The van der Waals surface area contributed by atoms with Crippen LogP contribution in [-0.4, -0.2) is 18.5 Å². The Morgan fingerprint density at radius 1 is 1.53 bits per heavy atom. The summed E-state index contributed by atoms with van der Waals surface area (Å²) in [7, 11) is 2.06. The third kappa shape index (κ3) is 2.98. The molecule has 3 nitrogen and oxygen atoms in total. The average molecular weight is 315 g/mol. The summed E-state index contributed by atoms with van der Waals surface area (Å²) in [6.07, 6.45) is 1.68. The summed E-state index contributed by atoms with van der Waals surface area (Å²) < 4.78 is 6.47. The molecular formula is C12H15BrN2OS. The van der Waals surface area contributed by atoms with Gasteiger partial charge < -0.3 is 10.2 Å². The van der Waals surface area contributed by atoms with Crippen LogP contribution < -0.4 is 5.73 Å². The second kappa shape index (κ2) is 5.82. The third-order valence-corrected chi connectivity index (χ3v) is 4.10. The Bertz CT molecular complexity index is 455. The lowest BCUT2D eigenvalue weighted by atomic mass is 10.2. The van der Waals surface area contributed by atoms with Gasteiger partial charge in [-0.1, -0.05) is 0 Å². The molecule has 0 spiro atoms. The standard InChI is InChI=1S/C12H15BrN2OS/c1-15(7-9-3-5-17-8-9)11(6-14)12-10(13)2-4-16-12/h2-5,8,11H,6-7,14H2,1H3. The minimum Gasteiger partial charge on any atom is -0.466 e. The molecule has 1 unspecified atom stereocenters. The SMILES string of the molecule is CN(Cc1ccsc1)C(CN)c1occc1Br. The first-order valence-electron chi connectivity index (χ1n) is 5.36. The fourth-order valence-electron chi connectivity index (χ4n) is 1.81. The largest absolute Gasteiger partial charge is 0.466 e. The summed E-state index contributed by atoms with van der Waals surface area (Å²) in [5.41, 5.74) is 7.15. The maximum Gasteiger partial charge on any atom is 0.136 e. The molecule has 92 valence electrons. The molecule has 5 heteroatoms. The van der Waals surface area contributed by atoms with Crippen molar-refractivity contribution in [1.82, 2.24) is 4.90 Å². The summed E-state index contributed by atoms with van der Waals surface area (Å²) in [4.78, 5) is 2.20. The van der Waals surface area contributed by atoms with Crippen LogP contribution in [0.4, 0.5) is 0 Å². The van der Waals surface area contributed by atoms with Crippen LogP contribution in [0.25, 0.3) is 0 Å². The van der Waals surface area contributed by atoms with Crippen molar-refractivity contribution in [1.29, 1.82) is 0 Å². The Morgan fingerprint density at radius 2 is 2.35 bits per heavy atom. The predicted molar refractivity (Wildman–Crippen MR) is 74.0 cm³/mol. The lowest BCUT2D eigenvalue weighted by molar-refractivity contribution is 0.212. The third-order valence-electron chi connectivity index (χ3n) is 2.71. The van der Waals surface area contributed by atoms with Crippen molar-refractivity contribution in [3.63, 3.8) is 0 Å². The van der Waals surface area contributed by atoms with Gasteiger partial charge in [0.2, 0.25) is 0 Å². The van der Waals surface area contributed by atoms with Crippen LogP contribution in [0.3, 0.4) is 0 Å². The van der Waals surface area contributed by atoms with E-state index in [4.69, 9.17) is 10.2 Å². The van der Waals surface area contributed by atoms with Gasteiger partial charge in [-0.25, -0.2) is 0 Å². The smallest absolute Gasteiger partial charge is 0.136 e. The quantitative estimate of drug-likeness (QED) is 0.921. The molecule has 0 aliphatic carbocycles. The Hall–Kier alpha value is -0.620. The van der Waals surface area contributed by atoms with Crippen LogP contribution in [0.2, 0.25) is 0 Å². The Balaban J connectivity index is 2.11. The molecule has 0 bridgehead atoms. The maximum absolute atomic E-state index is 5.84. The summed E-state index contributed by atoms with van der Waals surface area (Å²) >= 11 is 5.19. The predicted octanol–water partition coefficient (Wildman–Crippen LogP) is 3.24. The van der Waals surface area contributed by atoms with Crippen LogP contribution in [0.5, 0.6) is 0 Å². The van der Waals surface area contributed by atoms with Crippen molar-refractivity contribution in [2.75, 3.05) is 13.6 Å². The van der Waals surface area contributed by atoms with Gasteiger partial charge >= 0.3 is 0 Å². The zero-order chi connectivity index (χ0) is 12.3. The van der Waals surface area contributed by atoms with Gasteiger partial charge in [0.15, 0.2) is 0 Å². The first kappa shape index (κ1) is 12.8. The van der Waals surface area contributed by atoms with E-state index in [2.05, 4.69) is 44.7 Å². The fraction of sp³-hybridized carbons (Fsp3) is 0.333. The number of furan rings is 1. The van der Waals surface area contributed by atoms with Gasteiger partial charge in [0.1, 0.15) is 5.76 Å². The molecular weight excluding hydrogens is 300 g/mol. The van der Waals surface area contributed by atoms with E-state index in [1.165, 1.54) is 5.56 Å². The monoisotopic (exact) mass is 314 g/mol. The number of halogens is 1. The van der Waals surface area contributed by atoms with Gasteiger partial charge in [0.25, 0.3) is 0 Å². The van der Waals surface area contributed by atoms with Crippen LogP contribution >= 0.6 is 27.3 Å². The van der Waals surface area contributed by atoms with E-state index in [0.29, 0.717) is 6.54 Å². The number of nitrogens with two attached hydrogens (primary N) is 1. The number of nitrogens with zero attached hydrogens (tertiary/aromatic N) is 1. The molecule has 0 saturated carbocycles. The number of likely N-dealkylation sites (N-methyl/N-ethyl adjacent to an activating group) is 1. The molecule has 2 heterocycles. The van der Waals surface area contributed by atoms with E-state index in [1.807, 2.05) is 6.07 Å². The summed E-state index contributed by atoms with van der Waals surface area (Å²) in [6.45, 7) is 1.41. The van der Waals surface area contributed by atoms with E-state index in [-0.39, 0.29) is 6.04 Å². The highest BCUT2D eigenvalue weighted by molar-refractivity contribution is 9.10. The molecule has 0 aliphatic rings. The number of hydrogen-bond donors (Lipinski definition) is 1. The fourth-order valence-corrected chi connectivity index (χ4v) is 2.94. The molecule has 2 aromatic rings. The summed E-state index contributed by atoms with van der Waals surface area (Å²) in [5.74, 6) is 0.894. The van der Waals surface area contributed by atoms with Gasteiger partial charge in [-0.3, -0.25) is 4.90 Å². The normalized spacial score (nSPS) is 13.2. The minimum absolute atomic E-state index is 0.0966. The molecule has 0 aliphatic heterocycles. The van der Waals surface area contributed by atoms with E-state index in [9.17, 15) is 0 Å².